The first-order chi connectivity index (χ1) is 11.7. The van der Waals surface area contributed by atoms with Crippen LogP contribution in [0.15, 0.2) is 42.7 Å². The van der Waals surface area contributed by atoms with Gasteiger partial charge in [-0.15, -0.1) is 0 Å². The van der Waals surface area contributed by atoms with Crippen molar-refractivity contribution in [2.45, 2.75) is 33.4 Å². The van der Waals surface area contributed by atoms with Crippen molar-refractivity contribution in [2.24, 2.45) is 0 Å². The molecule has 0 aliphatic heterocycles. The van der Waals surface area contributed by atoms with Crippen molar-refractivity contribution in [3.05, 3.63) is 59.4 Å². The van der Waals surface area contributed by atoms with E-state index in [1.54, 1.807) is 43.6 Å². The number of hydrogen-bond acceptors (Lipinski definition) is 4. The minimum absolute atomic E-state index is 0.316. The second-order valence-corrected chi connectivity index (χ2v) is 8.01. The molecule has 0 spiro atoms. The summed E-state index contributed by atoms with van der Waals surface area (Å²) in [5.74, 6) is -0.360. The van der Waals surface area contributed by atoms with Gasteiger partial charge in [0.15, 0.2) is 0 Å². The minimum Gasteiger partial charge on any atom is -0.350 e. The van der Waals surface area contributed by atoms with Crippen LogP contribution in [0.1, 0.15) is 23.6 Å². The van der Waals surface area contributed by atoms with E-state index in [1.807, 2.05) is 19.9 Å². The first-order valence-corrected chi connectivity index (χ1v) is 9.77. The van der Waals surface area contributed by atoms with E-state index < -0.39 is 16.1 Å². The normalized spacial score (nSPS) is 12.5. The van der Waals surface area contributed by atoms with E-state index in [-0.39, 0.29) is 5.91 Å². The lowest BCUT2D eigenvalue weighted by Gasteiger charge is -2.28. The molecule has 0 aliphatic carbocycles. The Morgan fingerprint density at radius 1 is 1.16 bits per heavy atom. The summed E-state index contributed by atoms with van der Waals surface area (Å²) >= 11 is 0. The molecule has 1 aromatic heterocycles. The van der Waals surface area contributed by atoms with Crippen LogP contribution in [0, 0.1) is 13.8 Å². The number of amides is 1. The van der Waals surface area contributed by atoms with E-state index in [2.05, 4.69) is 10.3 Å². The molecule has 0 saturated heterocycles. The summed E-state index contributed by atoms with van der Waals surface area (Å²) in [6.07, 6.45) is 4.39. The van der Waals surface area contributed by atoms with Crippen LogP contribution in [-0.2, 0) is 21.4 Å². The fraction of sp³-hybridized carbons (Fsp3) is 0.333. The van der Waals surface area contributed by atoms with Gasteiger partial charge >= 0.3 is 0 Å². The van der Waals surface area contributed by atoms with Gasteiger partial charge in [-0.05, 0) is 61.7 Å². The van der Waals surface area contributed by atoms with Gasteiger partial charge in [0.25, 0.3) is 0 Å². The molecule has 0 unspecified atom stereocenters. The quantitative estimate of drug-likeness (QED) is 0.855. The zero-order valence-electron chi connectivity index (χ0n) is 14.9. The monoisotopic (exact) mass is 361 g/mol. The Hall–Kier alpha value is -2.41. The number of nitrogens with zero attached hydrogens (tertiary/aromatic N) is 2. The van der Waals surface area contributed by atoms with Crippen molar-refractivity contribution in [1.29, 1.82) is 0 Å². The van der Waals surface area contributed by atoms with Gasteiger partial charge in [0, 0.05) is 18.9 Å². The predicted molar refractivity (Wildman–Crippen MR) is 98.8 cm³/mol. The molecule has 6 nitrogen and oxygen atoms in total. The van der Waals surface area contributed by atoms with Crippen LogP contribution in [0.5, 0.6) is 0 Å². The maximum atomic E-state index is 12.5. The van der Waals surface area contributed by atoms with Gasteiger partial charge in [-0.1, -0.05) is 6.07 Å². The topological polar surface area (TPSA) is 79.4 Å². The molecule has 1 aromatic carbocycles. The van der Waals surface area contributed by atoms with Crippen molar-refractivity contribution in [1.82, 2.24) is 10.3 Å². The summed E-state index contributed by atoms with van der Waals surface area (Å²) < 4.78 is 25.8. The number of carbonyl (C=O) groups is 1. The molecule has 2 rings (SSSR count). The molecule has 7 heteroatoms. The number of benzene rings is 1. The van der Waals surface area contributed by atoms with Crippen LogP contribution in [0.2, 0.25) is 0 Å². The molecule has 1 atom stereocenters. The highest BCUT2D eigenvalue weighted by atomic mass is 32.2. The number of hydrogen-bond donors (Lipinski definition) is 1. The summed E-state index contributed by atoms with van der Waals surface area (Å²) in [6.45, 7) is 5.69. The molecule has 0 fully saturated rings. The number of rotatable bonds is 6. The fourth-order valence-corrected chi connectivity index (χ4v) is 3.88. The summed E-state index contributed by atoms with van der Waals surface area (Å²) in [4.78, 5) is 16.4. The van der Waals surface area contributed by atoms with Gasteiger partial charge in [-0.3, -0.25) is 14.1 Å². The fourth-order valence-electron chi connectivity index (χ4n) is 2.72. The lowest BCUT2D eigenvalue weighted by molar-refractivity contribution is -0.122. The van der Waals surface area contributed by atoms with E-state index in [1.165, 1.54) is 0 Å². The highest BCUT2D eigenvalue weighted by Gasteiger charge is 2.29. The standard InChI is InChI=1S/C18H23N3O3S/c1-13-9-14(2)11-17(10-13)21(25(4,23)24)15(3)18(22)20-12-16-5-7-19-8-6-16/h5-11,15H,12H2,1-4H3,(H,20,22)/t15-/m0/s1. The van der Waals surface area contributed by atoms with Crippen molar-refractivity contribution in [2.75, 3.05) is 10.6 Å². The van der Waals surface area contributed by atoms with Crippen LogP contribution in [0.3, 0.4) is 0 Å². The molecular formula is C18H23N3O3S. The molecule has 1 amide bonds. The van der Waals surface area contributed by atoms with Gasteiger partial charge in [0.05, 0.1) is 11.9 Å². The highest BCUT2D eigenvalue weighted by Crippen LogP contribution is 2.23. The molecule has 0 bridgehead atoms. The van der Waals surface area contributed by atoms with E-state index in [0.29, 0.717) is 12.2 Å². The number of nitrogens with one attached hydrogen (secondary N) is 1. The number of aromatic nitrogens is 1. The molecule has 25 heavy (non-hydrogen) atoms. The van der Waals surface area contributed by atoms with Crippen molar-refractivity contribution < 1.29 is 13.2 Å². The Bertz CT molecular complexity index is 831. The van der Waals surface area contributed by atoms with Crippen molar-refractivity contribution in [3.8, 4) is 0 Å². The second kappa shape index (κ2) is 7.65. The second-order valence-electron chi connectivity index (χ2n) is 6.15. The molecule has 0 radical (unpaired) electrons. The number of carbonyl (C=O) groups excluding carboxylic acids is 1. The highest BCUT2D eigenvalue weighted by molar-refractivity contribution is 7.92. The number of aryl methyl sites for hydroxylation is 2. The summed E-state index contributed by atoms with van der Waals surface area (Å²) in [7, 11) is -3.62. The average molecular weight is 361 g/mol. The molecule has 134 valence electrons. The van der Waals surface area contributed by atoms with Crippen molar-refractivity contribution in [3.63, 3.8) is 0 Å². The molecule has 1 heterocycles. The number of anilines is 1. The van der Waals surface area contributed by atoms with Gasteiger partial charge < -0.3 is 5.32 Å². The van der Waals surface area contributed by atoms with E-state index in [9.17, 15) is 13.2 Å². The van der Waals surface area contributed by atoms with E-state index in [4.69, 9.17) is 0 Å². The number of pyridine rings is 1. The minimum atomic E-state index is -3.62. The smallest absolute Gasteiger partial charge is 0.243 e. The summed E-state index contributed by atoms with van der Waals surface area (Å²) in [5, 5.41) is 2.78. The molecular weight excluding hydrogens is 338 g/mol. The van der Waals surface area contributed by atoms with Crippen LogP contribution >= 0.6 is 0 Å². The Morgan fingerprint density at radius 2 is 1.72 bits per heavy atom. The molecule has 0 aliphatic rings. The third-order valence-electron chi connectivity index (χ3n) is 3.77. The van der Waals surface area contributed by atoms with E-state index in [0.717, 1.165) is 27.3 Å². The summed E-state index contributed by atoms with van der Waals surface area (Å²) in [6, 6.07) is 8.21. The Kier molecular flexibility index (Phi) is 5.79. The SMILES string of the molecule is Cc1cc(C)cc(N([C@@H](C)C(=O)NCc2ccncc2)S(C)(=O)=O)c1. The lowest BCUT2D eigenvalue weighted by atomic mass is 10.1. The zero-order chi connectivity index (χ0) is 18.6. The molecule has 0 saturated carbocycles. The maximum absolute atomic E-state index is 12.5. The Balaban J connectivity index is 2.24. The third kappa shape index (κ3) is 5.03. The van der Waals surface area contributed by atoms with Gasteiger partial charge in [-0.2, -0.15) is 0 Å². The average Bonchev–Trinajstić information content (AvgIpc) is 2.51. The maximum Gasteiger partial charge on any atom is 0.243 e. The van der Waals surface area contributed by atoms with E-state index >= 15 is 0 Å². The zero-order valence-corrected chi connectivity index (χ0v) is 15.7. The van der Waals surface area contributed by atoms with Gasteiger partial charge in [0.1, 0.15) is 6.04 Å². The number of sulfonamides is 1. The lowest BCUT2D eigenvalue weighted by Crippen LogP contribution is -2.47. The largest absolute Gasteiger partial charge is 0.350 e. The van der Waals surface area contributed by atoms with Gasteiger partial charge in [0.2, 0.25) is 15.9 Å². The first kappa shape index (κ1) is 18.9. The third-order valence-corrected chi connectivity index (χ3v) is 5.01. The van der Waals surface area contributed by atoms with Crippen molar-refractivity contribution >= 4 is 21.6 Å². The van der Waals surface area contributed by atoms with Crippen LogP contribution in [-0.4, -0.2) is 31.6 Å². The Morgan fingerprint density at radius 3 is 2.24 bits per heavy atom. The molecule has 2 aromatic rings. The predicted octanol–water partition coefficient (Wildman–Crippen LogP) is 2.17. The van der Waals surface area contributed by atoms with Crippen LogP contribution < -0.4 is 9.62 Å². The summed E-state index contributed by atoms with van der Waals surface area (Å²) in [5.41, 5.74) is 3.26. The Labute approximate surface area is 148 Å². The first-order valence-electron chi connectivity index (χ1n) is 7.93. The van der Waals surface area contributed by atoms with Gasteiger partial charge in [-0.25, -0.2) is 8.42 Å². The van der Waals surface area contributed by atoms with Crippen LogP contribution in [0.4, 0.5) is 5.69 Å². The molecule has 1 N–H and O–H groups in total. The van der Waals surface area contributed by atoms with Crippen LogP contribution in [0.25, 0.3) is 0 Å².